The summed E-state index contributed by atoms with van der Waals surface area (Å²) in [5.41, 5.74) is 0.559. The Morgan fingerprint density at radius 1 is 1.19 bits per heavy atom. The van der Waals surface area contributed by atoms with Crippen LogP contribution in [0.1, 0.15) is 38.1 Å². The van der Waals surface area contributed by atoms with Crippen molar-refractivity contribution in [1.82, 2.24) is 4.90 Å². The molecule has 0 aliphatic rings. The average Bonchev–Trinajstić information content (AvgIpc) is 2.50. The van der Waals surface area contributed by atoms with Crippen LogP contribution in [0.25, 0.3) is 0 Å². The molecule has 0 fully saturated rings. The zero-order valence-corrected chi connectivity index (χ0v) is 13.4. The van der Waals surface area contributed by atoms with Crippen LogP contribution < -0.4 is 0 Å². The van der Waals surface area contributed by atoms with E-state index in [-0.39, 0.29) is 18.6 Å². The molecule has 1 atom stereocenters. The summed E-state index contributed by atoms with van der Waals surface area (Å²) in [5, 5.41) is 0. The Hall–Kier alpha value is -1.79. The number of hydrogen-bond donors (Lipinski definition) is 0. The lowest BCUT2D eigenvalue weighted by Crippen LogP contribution is -2.37. The maximum atomic E-state index is 11.8. The second-order valence-corrected chi connectivity index (χ2v) is 5.17. The number of carbonyl (C=O) groups is 1. The minimum atomic E-state index is -0.325. The van der Waals surface area contributed by atoms with Crippen LogP contribution >= 0.6 is 0 Å². The van der Waals surface area contributed by atoms with E-state index in [9.17, 15) is 4.79 Å². The molecule has 0 aromatic heterocycles. The molecule has 114 valence electrons. The van der Waals surface area contributed by atoms with Crippen LogP contribution in [-0.4, -0.2) is 36.6 Å². The van der Waals surface area contributed by atoms with Crippen LogP contribution in [0.5, 0.6) is 0 Å². The van der Waals surface area contributed by atoms with E-state index < -0.39 is 0 Å². The minimum Gasteiger partial charge on any atom is -0.449 e. The van der Waals surface area contributed by atoms with Gasteiger partial charge in [0.25, 0.3) is 0 Å². The summed E-state index contributed by atoms with van der Waals surface area (Å²) in [6.07, 6.45) is 0. The van der Waals surface area contributed by atoms with Gasteiger partial charge in [-0.3, -0.25) is 4.90 Å². The number of rotatable bonds is 6. The minimum absolute atomic E-state index is 0.137. The van der Waals surface area contributed by atoms with Crippen molar-refractivity contribution < 1.29 is 9.53 Å². The van der Waals surface area contributed by atoms with Gasteiger partial charge in [-0.25, -0.2) is 4.79 Å². The van der Waals surface area contributed by atoms with Gasteiger partial charge in [-0.05, 0) is 31.1 Å². The molecular formula is C18H25NO2. The highest BCUT2D eigenvalue weighted by Gasteiger charge is 2.16. The number of hydrogen-bond acceptors (Lipinski definition) is 3. The first-order chi connectivity index (χ1) is 10.1. The number of nitrogens with zero attached hydrogens (tertiary/aromatic N) is 1. The number of benzene rings is 1. The molecule has 1 aromatic rings. The Kier molecular flexibility index (Phi) is 7.56. The van der Waals surface area contributed by atoms with E-state index in [1.54, 1.807) is 12.1 Å². The predicted molar refractivity (Wildman–Crippen MR) is 86.0 cm³/mol. The molecule has 0 radical (unpaired) electrons. The smallest absolute Gasteiger partial charge is 0.339 e. The van der Waals surface area contributed by atoms with Crippen molar-refractivity contribution in [1.29, 1.82) is 0 Å². The Bertz CT molecular complexity index is 481. The highest BCUT2D eigenvalue weighted by molar-refractivity contribution is 5.89. The molecule has 3 nitrogen and oxygen atoms in total. The molecule has 0 bridgehead atoms. The first-order valence-corrected chi connectivity index (χ1v) is 7.54. The molecule has 1 aromatic carbocycles. The summed E-state index contributed by atoms with van der Waals surface area (Å²) in [5.74, 6) is 6.33. The lowest BCUT2D eigenvalue weighted by Gasteiger charge is -2.28. The molecule has 0 saturated carbocycles. The van der Waals surface area contributed by atoms with Gasteiger partial charge in [0, 0.05) is 0 Å². The van der Waals surface area contributed by atoms with Gasteiger partial charge in [0.1, 0.15) is 0 Å². The van der Waals surface area contributed by atoms with Crippen LogP contribution in [-0.2, 0) is 4.74 Å². The molecule has 0 aliphatic heterocycles. The summed E-state index contributed by atoms with van der Waals surface area (Å²) < 4.78 is 5.17. The first-order valence-electron chi connectivity index (χ1n) is 7.54. The first kappa shape index (κ1) is 17.3. The molecule has 3 heteroatoms. The van der Waals surface area contributed by atoms with Crippen molar-refractivity contribution in [2.24, 2.45) is 5.92 Å². The Balaban J connectivity index is 2.56. The van der Waals surface area contributed by atoms with E-state index in [0.29, 0.717) is 11.5 Å². The fourth-order valence-corrected chi connectivity index (χ4v) is 2.20. The van der Waals surface area contributed by atoms with Gasteiger partial charge in [0.15, 0.2) is 6.61 Å². The van der Waals surface area contributed by atoms with E-state index in [1.165, 1.54) is 0 Å². The Labute approximate surface area is 128 Å². The molecule has 21 heavy (non-hydrogen) atoms. The molecular weight excluding hydrogens is 262 g/mol. The van der Waals surface area contributed by atoms with E-state index in [4.69, 9.17) is 4.74 Å². The standard InChI is InChI=1S/C18H25NO2/c1-5-19(6-2)17(15(3)4)13-10-14-21-18(20)16-11-8-7-9-12-16/h7-9,11-12,15,17H,5-6,14H2,1-4H3. The third-order valence-electron chi connectivity index (χ3n) is 3.37. The van der Waals surface area contributed by atoms with Gasteiger partial charge >= 0.3 is 5.97 Å². The second kappa shape index (κ2) is 9.20. The molecule has 1 rings (SSSR count). The van der Waals surface area contributed by atoms with Crippen molar-refractivity contribution >= 4 is 5.97 Å². The van der Waals surface area contributed by atoms with E-state index in [0.717, 1.165) is 13.1 Å². The highest BCUT2D eigenvalue weighted by Crippen LogP contribution is 2.09. The summed E-state index contributed by atoms with van der Waals surface area (Å²) in [6.45, 7) is 10.7. The molecule has 0 amide bonds. The quantitative estimate of drug-likeness (QED) is 0.594. The van der Waals surface area contributed by atoms with Gasteiger partial charge in [-0.1, -0.05) is 57.7 Å². The zero-order chi connectivity index (χ0) is 15.7. The summed E-state index contributed by atoms with van der Waals surface area (Å²) in [4.78, 5) is 14.1. The lowest BCUT2D eigenvalue weighted by atomic mass is 10.0. The topological polar surface area (TPSA) is 29.5 Å². The van der Waals surface area contributed by atoms with E-state index in [2.05, 4.69) is 44.4 Å². The summed E-state index contributed by atoms with van der Waals surface area (Å²) in [7, 11) is 0. The molecule has 0 spiro atoms. The van der Waals surface area contributed by atoms with Gasteiger partial charge in [-0.2, -0.15) is 0 Å². The molecule has 0 aliphatic carbocycles. The van der Waals surface area contributed by atoms with Crippen LogP contribution in [0.15, 0.2) is 30.3 Å². The maximum absolute atomic E-state index is 11.8. The number of esters is 1. The van der Waals surface area contributed by atoms with Gasteiger partial charge in [-0.15, -0.1) is 0 Å². The van der Waals surface area contributed by atoms with Crippen LogP contribution in [0.2, 0.25) is 0 Å². The summed E-state index contributed by atoms with van der Waals surface area (Å²) >= 11 is 0. The van der Waals surface area contributed by atoms with Crippen LogP contribution in [0.4, 0.5) is 0 Å². The number of ether oxygens (including phenoxy) is 1. The Morgan fingerprint density at radius 2 is 1.81 bits per heavy atom. The van der Waals surface area contributed by atoms with Gasteiger partial charge in [0.2, 0.25) is 0 Å². The van der Waals surface area contributed by atoms with Crippen LogP contribution in [0, 0.1) is 17.8 Å². The molecule has 1 unspecified atom stereocenters. The largest absolute Gasteiger partial charge is 0.449 e. The van der Waals surface area contributed by atoms with Crippen molar-refractivity contribution in [3.05, 3.63) is 35.9 Å². The SMILES string of the molecule is CCN(CC)C(C#CCOC(=O)c1ccccc1)C(C)C. The number of carbonyl (C=O) groups excluding carboxylic acids is 1. The normalized spacial score (nSPS) is 11.9. The predicted octanol–water partition coefficient (Wildman–Crippen LogP) is 3.21. The van der Waals surface area contributed by atoms with Crippen molar-refractivity contribution in [3.63, 3.8) is 0 Å². The van der Waals surface area contributed by atoms with Crippen molar-refractivity contribution in [2.45, 2.75) is 33.7 Å². The van der Waals surface area contributed by atoms with E-state index in [1.807, 2.05) is 18.2 Å². The molecule has 0 heterocycles. The maximum Gasteiger partial charge on any atom is 0.339 e. The molecule has 0 saturated heterocycles. The monoisotopic (exact) mass is 287 g/mol. The molecule has 0 N–H and O–H groups in total. The van der Waals surface area contributed by atoms with Gasteiger partial charge in [0.05, 0.1) is 11.6 Å². The third-order valence-corrected chi connectivity index (χ3v) is 3.37. The summed E-state index contributed by atoms with van der Waals surface area (Å²) in [6, 6.07) is 9.18. The van der Waals surface area contributed by atoms with Crippen molar-refractivity contribution in [3.8, 4) is 11.8 Å². The highest BCUT2D eigenvalue weighted by atomic mass is 16.5. The van der Waals surface area contributed by atoms with Crippen molar-refractivity contribution in [2.75, 3.05) is 19.7 Å². The van der Waals surface area contributed by atoms with E-state index >= 15 is 0 Å². The second-order valence-electron chi connectivity index (χ2n) is 5.17. The lowest BCUT2D eigenvalue weighted by molar-refractivity contribution is 0.0556. The van der Waals surface area contributed by atoms with Crippen LogP contribution in [0.3, 0.4) is 0 Å². The zero-order valence-electron chi connectivity index (χ0n) is 13.4. The fourth-order valence-electron chi connectivity index (χ4n) is 2.20. The third kappa shape index (κ3) is 5.61. The van der Waals surface area contributed by atoms with Gasteiger partial charge < -0.3 is 4.74 Å². The average molecular weight is 287 g/mol. The fraction of sp³-hybridized carbons (Fsp3) is 0.500. The Morgan fingerprint density at radius 3 is 2.33 bits per heavy atom.